The summed E-state index contributed by atoms with van der Waals surface area (Å²) in [5.41, 5.74) is 0.765. The number of nitrogens with zero attached hydrogens (tertiary/aromatic N) is 2. The Morgan fingerprint density at radius 2 is 2.29 bits per heavy atom. The van der Waals surface area contributed by atoms with Crippen LogP contribution < -0.4 is 5.32 Å². The Labute approximate surface area is 110 Å². The van der Waals surface area contributed by atoms with Crippen LogP contribution in [-0.4, -0.2) is 16.5 Å². The second kappa shape index (κ2) is 6.10. The van der Waals surface area contributed by atoms with E-state index < -0.39 is 0 Å². The molecule has 0 amide bonds. The van der Waals surface area contributed by atoms with Crippen molar-refractivity contribution in [2.24, 2.45) is 0 Å². The lowest BCUT2D eigenvalue weighted by molar-refractivity contribution is 0.681. The Hall–Kier alpha value is -0.970. The number of hydrogen-bond acceptors (Lipinski definition) is 4. The minimum Gasteiger partial charge on any atom is -0.312 e. The SMILES string of the molecule is CCCNCc1cnc(-c2ncccc2Cl)s1. The molecule has 2 heterocycles. The van der Waals surface area contributed by atoms with Crippen LogP contribution in [0.25, 0.3) is 10.7 Å². The molecule has 0 unspecified atom stereocenters. The van der Waals surface area contributed by atoms with Gasteiger partial charge in [-0.3, -0.25) is 4.98 Å². The quantitative estimate of drug-likeness (QED) is 0.844. The highest BCUT2D eigenvalue weighted by atomic mass is 35.5. The molecule has 5 heteroatoms. The van der Waals surface area contributed by atoms with Gasteiger partial charge in [0.2, 0.25) is 0 Å². The summed E-state index contributed by atoms with van der Waals surface area (Å²) in [5.74, 6) is 0. The molecule has 2 rings (SSSR count). The molecule has 0 atom stereocenters. The Morgan fingerprint density at radius 3 is 3.06 bits per heavy atom. The van der Waals surface area contributed by atoms with Crippen molar-refractivity contribution in [3.05, 3.63) is 34.4 Å². The van der Waals surface area contributed by atoms with Crippen molar-refractivity contribution in [2.45, 2.75) is 19.9 Å². The number of halogens is 1. The number of pyridine rings is 1. The normalized spacial score (nSPS) is 10.7. The van der Waals surface area contributed by atoms with Gasteiger partial charge in [-0.15, -0.1) is 11.3 Å². The predicted molar refractivity (Wildman–Crippen MR) is 72.4 cm³/mol. The van der Waals surface area contributed by atoms with Gasteiger partial charge in [-0.05, 0) is 25.1 Å². The van der Waals surface area contributed by atoms with Crippen LogP contribution in [0.1, 0.15) is 18.2 Å². The lowest BCUT2D eigenvalue weighted by Gasteiger charge is -1.98. The van der Waals surface area contributed by atoms with Crippen LogP contribution in [0.5, 0.6) is 0 Å². The van der Waals surface area contributed by atoms with Crippen molar-refractivity contribution >= 4 is 22.9 Å². The molecule has 0 aromatic carbocycles. The monoisotopic (exact) mass is 267 g/mol. The van der Waals surface area contributed by atoms with Crippen molar-refractivity contribution in [3.63, 3.8) is 0 Å². The zero-order valence-electron chi connectivity index (χ0n) is 9.61. The van der Waals surface area contributed by atoms with Gasteiger partial charge in [0.1, 0.15) is 10.7 Å². The standard InChI is InChI=1S/C12H14ClN3S/c1-2-5-14-7-9-8-16-12(17-9)11-10(13)4-3-6-15-11/h3-4,6,8,14H,2,5,7H2,1H3. The lowest BCUT2D eigenvalue weighted by Crippen LogP contribution is -2.12. The molecule has 0 aliphatic heterocycles. The summed E-state index contributed by atoms with van der Waals surface area (Å²) in [6, 6.07) is 3.66. The van der Waals surface area contributed by atoms with Gasteiger partial charge in [0.05, 0.1) is 5.02 Å². The molecule has 2 aromatic rings. The number of hydrogen-bond donors (Lipinski definition) is 1. The van der Waals surface area contributed by atoms with E-state index in [1.54, 1.807) is 17.5 Å². The van der Waals surface area contributed by atoms with Gasteiger partial charge in [0.25, 0.3) is 0 Å². The minimum absolute atomic E-state index is 0.648. The molecule has 0 radical (unpaired) electrons. The highest BCUT2D eigenvalue weighted by Crippen LogP contribution is 2.28. The molecule has 0 saturated carbocycles. The van der Waals surface area contributed by atoms with E-state index in [0.717, 1.165) is 30.2 Å². The highest BCUT2D eigenvalue weighted by Gasteiger charge is 2.09. The van der Waals surface area contributed by atoms with Gasteiger partial charge < -0.3 is 5.32 Å². The Bertz CT molecular complexity index is 484. The number of aromatic nitrogens is 2. The van der Waals surface area contributed by atoms with E-state index in [1.165, 1.54) is 4.88 Å². The maximum absolute atomic E-state index is 6.08. The fourth-order valence-electron chi connectivity index (χ4n) is 1.43. The van der Waals surface area contributed by atoms with Crippen molar-refractivity contribution < 1.29 is 0 Å². The first-order chi connectivity index (χ1) is 8.31. The molecule has 3 nitrogen and oxygen atoms in total. The van der Waals surface area contributed by atoms with Crippen LogP contribution in [0, 0.1) is 0 Å². The maximum atomic E-state index is 6.08. The van der Waals surface area contributed by atoms with E-state index in [0.29, 0.717) is 5.02 Å². The molecule has 17 heavy (non-hydrogen) atoms. The summed E-state index contributed by atoms with van der Waals surface area (Å²) < 4.78 is 0. The fourth-order valence-corrected chi connectivity index (χ4v) is 2.59. The molecule has 90 valence electrons. The number of thiazole rings is 1. The summed E-state index contributed by atoms with van der Waals surface area (Å²) in [5, 5.41) is 4.87. The van der Waals surface area contributed by atoms with Gasteiger partial charge in [0, 0.05) is 23.8 Å². The molecule has 0 bridgehead atoms. The van der Waals surface area contributed by atoms with E-state index in [1.807, 2.05) is 18.3 Å². The number of nitrogens with one attached hydrogen (secondary N) is 1. The molecule has 0 aliphatic rings. The molecule has 0 aliphatic carbocycles. The summed E-state index contributed by atoms with van der Waals surface area (Å²) in [6.45, 7) is 4.03. The molecule has 0 saturated heterocycles. The van der Waals surface area contributed by atoms with Crippen LogP contribution in [0.3, 0.4) is 0 Å². The Kier molecular flexibility index (Phi) is 4.48. The average Bonchev–Trinajstić information content (AvgIpc) is 2.79. The minimum atomic E-state index is 0.648. The van der Waals surface area contributed by atoms with Gasteiger partial charge in [-0.1, -0.05) is 18.5 Å². The van der Waals surface area contributed by atoms with Gasteiger partial charge >= 0.3 is 0 Å². The van der Waals surface area contributed by atoms with E-state index >= 15 is 0 Å². The summed E-state index contributed by atoms with van der Waals surface area (Å²) in [6.07, 6.45) is 4.75. The largest absolute Gasteiger partial charge is 0.312 e. The highest BCUT2D eigenvalue weighted by molar-refractivity contribution is 7.15. The summed E-state index contributed by atoms with van der Waals surface area (Å²) in [7, 11) is 0. The van der Waals surface area contributed by atoms with Crippen LogP contribution in [0.15, 0.2) is 24.5 Å². The van der Waals surface area contributed by atoms with Gasteiger partial charge in [-0.25, -0.2) is 4.98 Å². The smallest absolute Gasteiger partial charge is 0.143 e. The maximum Gasteiger partial charge on any atom is 0.143 e. The lowest BCUT2D eigenvalue weighted by atomic mass is 10.4. The average molecular weight is 268 g/mol. The van der Waals surface area contributed by atoms with E-state index in [9.17, 15) is 0 Å². The molecular formula is C12H14ClN3S. The third-order valence-corrected chi connectivity index (χ3v) is 3.55. The van der Waals surface area contributed by atoms with E-state index in [-0.39, 0.29) is 0 Å². The summed E-state index contributed by atoms with van der Waals surface area (Å²) in [4.78, 5) is 9.82. The van der Waals surface area contributed by atoms with Crippen molar-refractivity contribution in [1.82, 2.24) is 15.3 Å². The molecule has 0 fully saturated rings. The zero-order chi connectivity index (χ0) is 12.1. The fraction of sp³-hybridized carbons (Fsp3) is 0.333. The zero-order valence-corrected chi connectivity index (χ0v) is 11.2. The molecular weight excluding hydrogens is 254 g/mol. The topological polar surface area (TPSA) is 37.8 Å². The van der Waals surface area contributed by atoms with Crippen LogP contribution in [0.2, 0.25) is 5.02 Å². The first kappa shape index (κ1) is 12.5. The van der Waals surface area contributed by atoms with Gasteiger partial charge in [0.15, 0.2) is 0 Å². The molecule has 2 aromatic heterocycles. The first-order valence-electron chi connectivity index (χ1n) is 5.57. The van der Waals surface area contributed by atoms with Crippen LogP contribution in [0.4, 0.5) is 0 Å². The van der Waals surface area contributed by atoms with E-state index in [2.05, 4.69) is 22.2 Å². The Balaban J connectivity index is 2.10. The van der Waals surface area contributed by atoms with E-state index in [4.69, 9.17) is 11.6 Å². The van der Waals surface area contributed by atoms with Crippen molar-refractivity contribution in [1.29, 1.82) is 0 Å². The van der Waals surface area contributed by atoms with Crippen LogP contribution in [-0.2, 0) is 6.54 Å². The Morgan fingerprint density at radius 1 is 1.41 bits per heavy atom. The van der Waals surface area contributed by atoms with Crippen LogP contribution >= 0.6 is 22.9 Å². The van der Waals surface area contributed by atoms with Crippen molar-refractivity contribution in [3.8, 4) is 10.7 Å². The third kappa shape index (κ3) is 3.25. The predicted octanol–water partition coefficient (Wildman–Crippen LogP) is 3.36. The van der Waals surface area contributed by atoms with Crippen molar-refractivity contribution in [2.75, 3.05) is 6.54 Å². The third-order valence-electron chi connectivity index (χ3n) is 2.24. The second-order valence-corrected chi connectivity index (χ2v) is 5.16. The molecule has 0 spiro atoms. The van der Waals surface area contributed by atoms with Gasteiger partial charge in [-0.2, -0.15) is 0 Å². The summed E-state index contributed by atoms with van der Waals surface area (Å²) >= 11 is 7.71. The number of rotatable bonds is 5. The molecule has 1 N–H and O–H groups in total. The second-order valence-electron chi connectivity index (χ2n) is 3.64. The first-order valence-corrected chi connectivity index (χ1v) is 6.77.